The van der Waals surface area contributed by atoms with Crippen LogP contribution in [0.3, 0.4) is 0 Å². The second kappa shape index (κ2) is 3.36. The molecule has 0 aliphatic carbocycles. The number of rotatable bonds is 1. The Labute approximate surface area is 77.7 Å². The Bertz CT molecular complexity index is 291. The first-order chi connectivity index (χ1) is 5.92. The zero-order chi connectivity index (χ0) is 8.39. The Morgan fingerprint density at radius 2 is 2.25 bits per heavy atom. The first-order valence-electron chi connectivity index (χ1n) is 4.26. The fourth-order valence-corrected chi connectivity index (χ4v) is 2.77. The van der Waals surface area contributed by atoms with Gasteiger partial charge in [0, 0.05) is 10.8 Å². The van der Waals surface area contributed by atoms with E-state index in [1.807, 2.05) is 11.8 Å². The minimum absolute atomic E-state index is 0.586. The van der Waals surface area contributed by atoms with Gasteiger partial charge in [0.05, 0.1) is 0 Å². The molecule has 0 spiro atoms. The summed E-state index contributed by atoms with van der Waals surface area (Å²) in [6, 6.07) is 8.64. The molecular formula is C11H12S. The molecule has 1 atom stereocenters. The van der Waals surface area contributed by atoms with Crippen LogP contribution >= 0.6 is 11.8 Å². The maximum atomic E-state index is 3.87. The van der Waals surface area contributed by atoms with Crippen molar-refractivity contribution in [2.45, 2.75) is 17.2 Å². The van der Waals surface area contributed by atoms with E-state index in [1.165, 1.54) is 22.6 Å². The average Bonchev–Trinajstić information content (AvgIpc) is 2.17. The standard InChI is InChI=1S/C11H12S/c1-2-9-7-8-12-11-6-4-3-5-10(9)11/h2-6,9H,1,7-8H2. The second-order valence-electron chi connectivity index (χ2n) is 3.02. The Kier molecular flexibility index (Phi) is 2.22. The third-order valence-corrected chi connectivity index (χ3v) is 3.41. The highest BCUT2D eigenvalue weighted by atomic mass is 32.2. The van der Waals surface area contributed by atoms with Gasteiger partial charge in [-0.25, -0.2) is 0 Å². The number of hydrogen-bond donors (Lipinski definition) is 0. The number of benzene rings is 1. The van der Waals surface area contributed by atoms with E-state index in [0.717, 1.165) is 0 Å². The van der Waals surface area contributed by atoms with Crippen molar-refractivity contribution in [3.63, 3.8) is 0 Å². The molecule has 12 heavy (non-hydrogen) atoms. The minimum Gasteiger partial charge on any atom is -0.126 e. The third-order valence-electron chi connectivity index (χ3n) is 2.29. The number of hydrogen-bond acceptors (Lipinski definition) is 1. The van der Waals surface area contributed by atoms with Crippen LogP contribution in [0, 0.1) is 0 Å². The zero-order valence-electron chi connectivity index (χ0n) is 6.99. The van der Waals surface area contributed by atoms with Gasteiger partial charge in [0.1, 0.15) is 0 Å². The molecule has 0 nitrogen and oxygen atoms in total. The minimum atomic E-state index is 0.586. The Hall–Kier alpha value is -0.690. The Morgan fingerprint density at radius 1 is 1.42 bits per heavy atom. The van der Waals surface area contributed by atoms with E-state index in [4.69, 9.17) is 0 Å². The van der Waals surface area contributed by atoms with Gasteiger partial charge in [-0.3, -0.25) is 0 Å². The molecule has 0 saturated heterocycles. The van der Waals surface area contributed by atoms with Gasteiger partial charge in [-0.15, -0.1) is 18.3 Å². The monoisotopic (exact) mass is 176 g/mol. The SMILES string of the molecule is C=CC1CCSc2ccccc21. The van der Waals surface area contributed by atoms with Crippen LogP contribution in [-0.2, 0) is 0 Å². The largest absolute Gasteiger partial charge is 0.126 e. The van der Waals surface area contributed by atoms with E-state index < -0.39 is 0 Å². The smallest absolute Gasteiger partial charge is 0.0110 e. The molecule has 1 heterocycles. The molecule has 1 aromatic rings. The first-order valence-corrected chi connectivity index (χ1v) is 5.24. The Balaban J connectivity index is 2.43. The van der Waals surface area contributed by atoms with Crippen molar-refractivity contribution in [2.24, 2.45) is 0 Å². The predicted octanol–water partition coefficient (Wildman–Crippen LogP) is 3.45. The molecule has 62 valence electrons. The van der Waals surface area contributed by atoms with Gasteiger partial charge in [0.25, 0.3) is 0 Å². The maximum absolute atomic E-state index is 3.87. The molecule has 0 N–H and O–H groups in total. The molecule has 1 aliphatic heterocycles. The fraction of sp³-hybridized carbons (Fsp3) is 0.273. The van der Waals surface area contributed by atoms with Crippen LogP contribution < -0.4 is 0 Å². The van der Waals surface area contributed by atoms with Crippen LogP contribution in [0.1, 0.15) is 17.9 Å². The lowest BCUT2D eigenvalue weighted by atomic mass is 9.96. The van der Waals surface area contributed by atoms with Gasteiger partial charge >= 0.3 is 0 Å². The molecule has 0 aromatic heterocycles. The molecule has 0 fully saturated rings. The lowest BCUT2D eigenvalue weighted by Gasteiger charge is -2.21. The average molecular weight is 176 g/mol. The number of allylic oxidation sites excluding steroid dienone is 1. The van der Waals surface area contributed by atoms with Crippen LogP contribution in [0.25, 0.3) is 0 Å². The van der Waals surface area contributed by atoms with Crippen molar-refractivity contribution in [3.8, 4) is 0 Å². The van der Waals surface area contributed by atoms with Crippen LogP contribution in [0.5, 0.6) is 0 Å². The van der Waals surface area contributed by atoms with E-state index in [2.05, 4.69) is 36.9 Å². The summed E-state index contributed by atoms with van der Waals surface area (Å²) in [6.07, 6.45) is 3.31. The quantitative estimate of drug-likeness (QED) is 0.590. The van der Waals surface area contributed by atoms with Gasteiger partial charge in [0.15, 0.2) is 0 Å². The summed E-state index contributed by atoms with van der Waals surface area (Å²) in [5.41, 5.74) is 1.46. The lowest BCUT2D eigenvalue weighted by molar-refractivity contribution is 0.783. The van der Waals surface area contributed by atoms with E-state index >= 15 is 0 Å². The summed E-state index contributed by atoms with van der Waals surface area (Å²) in [4.78, 5) is 1.44. The van der Waals surface area contributed by atoms with Crippen LogP contribution in [-0.4, -0.2) is 5.75 Å². The summed E-state index contributed by atoms with van der Waals surface area (Å²) >= 11 is 1.96. The fourth-order valence-electron chi connectivity index (χ4n) is 1.61. The predicted molar refractivity (Wildman–Crippen MR) is 54.7 cm³/mol. The molecular weight excluding hydrogens is 164 g/mol. The molecule has 0 radical (unpaired) electrons. The van der Waals surface area contributed by atoms with Crippen molar-refractivity contribution in [1.82, 2.24) is 0 Å². The molecule has 1 heteroatoms. The van der Waals surface area contributed by atoms with E-state index in [-0.39, 0.29) is 0 Å². The van der Waals surface area contributed by atoms with Crippen molar-refractivity contribution in [3.05, 3.63) is 42.5 Å². The van der Waals surface area contributed by atoms with Crippen LogP contribution in [0.4, 0.5) is 0 Å². The van der Waals surface area contributed by atoms with Gasteiger partial charge < -0.3 is 0 Å². The van der Waals surface area contributed by atoms with Gasteiger partial charge in [-0.1, -0.05) is 24.3 Å². The van der Waals surface area contributed by atoms with E-state index in [9.17, 15) is 0 Å². The van der Waals surface area contributed by atoms with E-state index in [0.29, 0.717) is 5.92 Å². The van der Waals surface area contributed by atoms with Crippen molar-refractivity contribution in [1.29, 1.82) is 0 Å². The van der Waals surface area contributed by atoms with E-state index in [1.54, 1.807) is 0 Å². The summed E-state index contributed by atoms with van der Waals surface area (Å²) in [7, 11) is 0. The highest BCUT2D eigenvalue weighted by Crippen LogP contribution is 2.37. The van der Waals surface area contributed by atoms with Crippen LogP contribution in [0.15, 0.2) is 41.8 Å². The van der Waals surface area contributed by atoms with Crippen molar-refractivity contribution < 1.29 is 0 Å². The topological polar surface area (TPSA) is 0 Å². The molecule has 0 saturated carbocycles. The summed E-state index contributed by atoms with van der Waals surface area (Å²) in [6.45, 7) is 3.87. The van der Waals surface area contributed by atoms with Crippen molar-refractivity contribution >= 4 is 11.8 Å². The normalized spacial score (nSPS) is 21.5. The number of thioether (sulfide) groups is 1. The molecule has 1 unspecified atom stereocenters. The summed E-state index contributed by atoms with van der Waals surface area (Å²) < 4.78 is 0. The molecule has 0 bridgehead atoms. The van der Waals surface area contributed by atoms with Gasteiger partial charge in [0.2, 0.25) is 0 Å². The molecule has 1 aromatic carbocycles. The second-order valence-corrected chi connectivity index (χ2v) is 4.15. The van der Waals surface area contributed by atoms with Gasteiger partial charge in [-0.05, 0) is 23.8 Å². The maximum Gasteiger partial charge on any atom is 0.0110 e. The number of fused-ring (bicyclic) bond motifs is 1. The third kappa shape index (κ3) is 1.29. The summed E-state index contributed by atoms with van der Waals surface area (Å²) in [5.74, 6) is 1.82. The van der Waals surface area contributed by atoms with Crippen LogP contribution in [0.2, 0.25) is 0 Å². The first kappa shape index (κ1) is 7.93. The highest BCUT2D eigenvalue weighted by molar-refractivity contribution is 7.99. The Morgan fingerprint density at radius 3 is 3.08 bits per heavy atom. The van der Waals surface area contributed by atoms with Crippen molar-refractivity contribution in [2.75, 3.05) is 5.75 Å². The zero-order valence-corrected chi connectivity index (χ0v) is 7.81. The molecule has 0 amide bonds. The lowest BCUT2D eigenvalue weighted by Crippen LogP contribution is -2.03. The highest BCUT2D eigenvalue weighted by Gasteiger charge is 2.16. The van der Waals surface area contributed by atoms with Gasteiger partial charge in [-0.2, -0.15) is 0 Å². The molecule has 1 aliphatic rings. The summed E-state index contributed by atoms with van der Waals surface area (Å²) in [5, 5.41) is 0. The molecule has 2 rings (SSSR count).